The van der Waals surface area contributed by atoms with Gasteiger partial charge in [0, 0.05) is 32.6 Å². The number of hydrogen-bond acceptors (Lipinski definition) is 2. The number of nitrogens with zero attached hydrogens (tertiary/aromatic N) is 1. The Bertz CT molecular complexity index is 288. The first kappa shape index (κ1) is 14.8. The highest BCUT2D eigenvalue weighted by Crippen LogP contribution is 2.18. The van der Waals surface area contributed by atoms with Gasteiger partial charge in [-0.1, -0.05) is 13.8 Å². The van der Waals surface area contributed by atoms with Crippen LogP contribution in [0.3, 0.4) is 0 Å². The van der Waals surface area contributed by atoms with Crippen LogP contribution in [0.1, 0.15) is 40.0 Å². The molecule has 0 saturated heterocycles. The summed E-state index contributed by atoms with van der Waals surface area (Å²) in [5, 5.41) is 5.64. The van der Waals surface area contributed by atoms with Gasteiger partial charge in [-0.2, -0.15) is 0 Å². The number of nitrogens with one attached hydrogen (secondary N) is 2. The molecule has 1 saturated carbocycles. The first-order valence-corrected chi connectivity index (χ1v) is 6.79. The Labute approximate surface area is 109 Å². The zero-order chi connectivity index (χ0) is 13.5. The van der Waals surface area contributed by atoms with Gasteiger partial charge < -0.3 is 15.5 Å². The lowest BCUT2D eigenvalue weighted by molar-refractivity contribution is -0.128. The topological polar surface area (TPSA) is 61.4 Å². The minimum absolute atomic E-state index is 0.0695. The van der Waals surface area contributed by atoms with Gasteiger partial charge in [0.15, 0.2) is 0 Å². The molecule has 3 amide bonds. The van der Waals surface area contributed by atoms with Gasteiger partial charge in [0.2, 0.25) is 5.91 Å². The molecule has 104 valence electrons. The summed E-state index contributed by atoms with van der Waals surface area (Å²) in [4.78, 5) is 24.6. The average molecular weight is 255 g/mol. The average Bonchev–Trinajstić information content (AvgIpc) is 3.05. The molecule has 5 nitrogen and oxygen atoms in total. The highest BCUT2D eigenvalue weighted by Gasteiger charge is 2.22. The Morgan fingerprint density at radius 3 is 2.44 bits per heavy atom. The summed E-state index contributed by atoms with van der Waals surface area (Å²) >= 11 is 0. The summed E-state index contributed by atoms with van der Waals surface area (Å²) < 4.78 is 0. The van der Waals surface area contributed by atoms with Crippen LogP contribution in [0.2, 0.25) is 0 Å². The second-order valence-corrected chi connectivity index (χ2v) is 5.36. The molecule has 2 N–H and O–H groups in total. The fraction of sp³-hybridized carbons (Fsp3) is 0.846. The molecule has 1 rings (SSSR count). The van der Waals surface area contributed by atoms with Crippen LogP contribution >= 0.6 is 0 Å². The van der Waals surface area contributed by atoms with E-state index in [1.807, 2.05) is 0 Å². The fourth-order valence-corrected chi connectivity index (χ4v) is 1.61. The molecule has 0 spiro atoms. The summed E-state index contributed by atoms with van der Waals surface area (Å²) in [5.74, 6) is 0.651. The largest absolute Gasteiger partial charge is 0.341 e. The van der Waals surface area contributed by atoms with Crippen LogP contribution in [-0.2, 0) is 4.79 Å². The van der Waals surface area contributed by atoms with Crippen LogP contribution in [-0.4, -0.2) is 42.5 Å². The lowest BCUT2D eigenvalue weighted by Crippen LogP contribution is -2.42. The molecule has 18 heavy (non-hydrogen) atoms. The van der Waals surface area contributed by atoms with E-state index >= 15 is 0 Å². The molecular formula is C13H25N3O2. The maximum atomic E-state index is 11.4. The lowest BCUT2D eigenvalue weighted by Gasteiger charge is -2.22. The van der Waals surface area contributed by atoms with Crippen LogP contribution in [0.5, 0.6) is 0 Å². The van der Waals surface area contributed by atoms with Crippen molar-refractivity contribution in [3.63, 3.8) is 0 Å². The van der Waals surface area contributed by atoms with E-state index in [0.717, 1.165) is 25.8 Å². The fourth-order valence-electron chi connectivity index (χ4n) is 1.61. The quantitative estimate of drug-likeness (QED) is 0.721. The maximum Gasteiger partial charge on any atom is 0.315 e. The highest BCUT2D eigenvalue weighted by atomic mass is 16.2. The molecule has 0 atom stereocenters. The number of rotatable bonds is 7. The van der Waals surface area contributed by atoms with Crippen LogP contribution in [0.4, 0.5) is 4.79 Å². The Balaban J connectivity index is 2.15. The van der Waals surface area contributed by atoms with E-state index in [2.05, 4.69) is 24.5 Å². The van der Waals surface area contributed by atoms with Gasteiger partial charge in [-0.05, 0) is 25.2 Å². The minimum atomic E-state index is -0.120. The summed E-state index contributed by atoms with van der Waals surface area (Å²) in [7, 11) is 0. The SMILES string of the molecule is CC(=O)N(CCNC(=O)NC1CC1)CCC(C)C. The number of carbonyl (C=O) groups excluding carboxylic acids is 2. The predicted molar refractivity (Wildman–Crippen MR) is 71.3 cm³/mol. The van der Waals surface area contributed by atoms with Crippen molar-refractivity contribution in [2.75, 3.05) is 19.6 Å². The lowest BCUT2D eigenvalue weighted by atomic mass is 10.1. The molecule has 1 aliphatic rings. The molecule has 0 heterocycles. The minimum Gasteiger partial charge on any atom is -0.341 e. The van der Waals surface area contributed by atoms with E-state index in [4.69, 9.17) is 0 Å². The summed E-state index contributed by atoms with van der Waals surface area (Å²) in [6.07, 6.45) is 3.16. The van der Waals surface area contributed by atoms with Crippen molar-refractivity contribution in [3.05, 3.63) is 0 Å². The van der Waals surface area contributed by atoms with Crippen molar-refractivity contribution in [3.8, 4) is 0 Å². The molecular weight excluding hydrogens is 230 g/mol. The molecule has 0 unspecified atom stereocenters. The Morgan fingerprint density at radius 2 is 1.94 bits per heavy atom. The second-order valence-electron chi connectivity index (χ2n) is 5.36. The van der Waals surface area contributed by atoms with Gasteiger partial charge >= 0.3 is 6.03 Å². The first-order chi connectivity index (χ1) is 8.49. The number of amides is 3. The van der Waals surface area contributed by atoms with Crippen molar-refractivity contribution >= 4 is 11.9 Å². The second kappa shape index (κ2) is 7.24. The Morgan fingerprint density at radius 1 is 1.28 bits per heavy atom. The number of hydrogen-bond donors (Lipinski definition) is 2. The van der Waals surface area contributed by atoms with Gasteiger partial charge in [0.25, 0.3) is 0 Å². The number of urea groups is 1. The standard InChI is InChI=1S/C13H25N3O2/c1-10(2)6-8-16(11(3)17)9-7-14-13(18)15-12-4-5-12/h10,12H,4-9H2,1-3H3,(H2,14,15,18). The van der Waals surface area contributed by atoms with Crippen molar-refractivity contribution in [1.29, 1.82) is 0 Å². The summed E-state index contributed by atoms with van der Waals surface area (Å²) in [6.45, 7) is 7.71. The number of carbonyl (C=O) groups is 2. The van der Waals surface area contributed by atoms with Crippen LogP contribution in [0, 0.1) is 5.92 Å². The van der Waals surface area contributed by atoms with Crippen LogP contribution < -0.4 is 10.6 Å². The van der Waals surface area contributed by atoms with Crippen molar-refractivity contribution in [1.82, 2.24) is 15.5 Å². The Kier molecular flexibility index (Phi) is 5.95. The molecule has 0 aliphatic heterocycles. The summed E-state index contributed by atoms with van der Waals surface area (Å²) in [6, 6.07) is 0.250. The van der Waals surface area contributed by atoms with Gasteiger partial charge in [-0.15, -0.1) is 0 Å². The Hall–Kier alpha value is -1.26. The third-order valence-corrected chi connectivity index (χ3v) is 3.00. The first-order valence-electron chi connectivity index (χ1n) is 6.79. The van der Waals surface area contributed by atoms with Gasteiger partial charge in [-0.3, -0.25) is 4.79 Å². The third-order valence-electron chi connectivity index (χ3n) is 3.00. The normalized spacial score (nSPS) is 14.4. The van der Waals surface area contributed by atoms with E-state index in [-0.39, 0.29) is 11.9 Å². The van der Waals surface area contributed by atoms with Crippen molar-refractivity contribution in [2.45, 2.75) is 46.1 Å². The zero-order valence-electron chi connectivity index (χ0n) is 11.7. The van der Waals surface area contributed by atoms with E-state index in [9.17, 15) is 9.59 Å². The smallest absolute Gasteiger partial charge is 0.315 e. The van der Waals surface area contributed by atoms with E-state index in [0.29, 0.717) is 25.0 Å². The molecule has 0 bridgehead atoms. The molecule has 1 aliphatic carbocycles. The van der Waals surface area contributed by atoms with Crippen LogP contribution in [0.15, 0.2) is 0 Å². The van der Waals surface area contributed by atoms with Gasteiger partial charge in [0.1, 0.15) is 0 Å². The van der Waals surface area contributed by atoms with Gasteiger partial charge in [0.05, 0.1) is 0 Å². The third kappa shape index (κ3) is 6.47. The molecule has 0 aromatic heterocycles. The summed E-state index contributed by atoms with van der Waals surface area (Å²) in [5.41, 5.74) is 0. The van der Waals surface area contributed by atoms with Gasteiger partial charge in [-0.25, -0.2) is 4.79 Å². The van der Waals surface area contributed by atoms with E-state index in [1.165, 1.54) is 0 Å². The molecule has 0 radical (unpaired) electrons. The molecule has 0 aromatic carbocycles. The van der Waals surface area contributed by atoms with Crippen LogP contribution in [0.25, 0.3) is 0 Å². The molecule has 5 heteroatoms. The van der Waals surface area contributed by atoms with Crippen molar-refractivity contribution in [2.24, 2.45) is 5.92 Å². The van der Waals surface area contributed by atoms with E-state index < -0.39 is 0 Å². The maximum absolute atomic E-state index is 11.4. The molecule has 0 aromatic rings. The monoisotopic (exact) mass is 255 g/mol. The highest BCUT2D eigenvalue weighted by molar-refractivity contribution is 5.75. The van der Waals surface area contributed by atoms with E-state index in [1.54, 1.807) is 11.8 Å². The predicted octanol–water partition coefficient (Wildman–Crippen LogP) is 1.34. The zero-order valence-corrected chi connectivity index (χ0v) is 11.7. The molecule has 1 fully saturated rings. The van der Waals surface area contributed by atoms with Crippen molar-refractivity contribution < 1.29 is 9.59 Å².